The molecule has 20 heavy (non-hydrogen) atoms. The fourth-order valence-corrected chi connectivity index (χ4v) is 1.79. The normalized spacial score (nSPS) is 12.7. The maximum absolute atomic E-state index is 12.0. The lowest BCUT2D eigenvalue weighted by atomic mass is 9.87. The van der Waals surface area contributed by atoms with Gasteiger partial charge in [-0.05, 0) is 28.5 Å². The van der Waals surface area contributed by atoms with Crippen LogP contribution in [0, 0.1) is 5.41 Å². The van der Waals surface area contributed by atoms with Crippen LogP contribution in [0.2, 0.25) is 0 Å². The van der Waals surface area contributed by atoms with E-state index in [9.17, 15) is 4.79 Å². The van der Waals surface area contributed by atoms with Crippen LogP contribution in [-0.2, 0) is 5.41 Å². The van der Waals surface area contributed by atoms with Gasteiger partial charge in [0.2, 0.25) is 0 Å². The molecule has 0 aromatic heterocycles. The third-order valence-electron chi connectivity index (χ3n) is 3.01. The van der Waals surface area contributed by atoms with Crippen molar-refractivity contribution < 1.29 is 4.79 Å². The lowest BCUT2D eigenvalue weighted by Gasteiger charge is -2.19. The van der Waals surface area contributed by atoms with Crippen molar-refractivity contribution in [2.75, 3.05) is 6.54 Å². The zero-order chi connectivity index (χ0) is 15.4. The van der Waals surface area contributed by atoms with E-state index >= 15 is 0 Å². The molecule has 0 bridgehead atoms. The SMILES string of the molecule is CC(C)(C)C=CCNC(=O)c1ccc(C(C)(C)C)cc1. The van der Waals surface area contributed by atoms with Gasteiger partial charge in [0.1, 0.15) is 0 Å². The summed E-state index contributed by atoms with van der Waals surface area (Å²) in [5.74, 6) is -0.0241. The average Bonchev–Trinajstić information content (AvgIpc) is 2.32. The molecule has 1 aromatic rings. The molecule has 0 aliphatic heterocycles. The molecule has 0 aliphatic rings. The van der Waals surface area contributed by atoms with Crippen LogP contribution in [-0.4, -0.2) is 12.5 Å². The predicted octanol–water partition coefficient (Wildman–Crippen LogP) is 4.32. The number of nitrogens with one attached hydrogen (secondary N) is 1. The Bertz CT molecular complexity index is 470. The smallest absolute Gasteiger partial charge is 0.251 e. The summed E-state index contributed by atoms with van der Waals surface area (Å²) >= 11 is 0. The summed E-state index contributed by atoms with van der Waals surface area (Å²) < 4.78 is 0. The van der Waals surface area contributed by atoms with E-state index in [0.717, 1.165) is 0 Å². The van der Waals surface area contributed by atoms with E-state index in [1.807, 2.05) is 30.3 Å². The summed E-state index contributed by atoms with van der Waals surface area (Å²) in [5, 5.41) is 2.90. The molecular weight excluding hydrogens is 246 g/mol. The van der Waals surface area contributed by atoms with Crippen molar-refractivity contribution in [1.82, 2.24) is 5.32 Å². The first-order valence-electron chi connectivity index (χ1n) is 7.16. The Labute approximate surface area is 123 Å². The van der Waals surface area contributed by atoms with Crippen LogP contribution in [0.15, 0.2) is 36.4 Å². The zero-order valence-corrected chi connectivity index (χ0v) is 13.6. The van der Waals surface area contributed by atoms with Crippen molar-refractivity contribution in [3.05, 3.63) is 47.5 Å². The number of allylic oxidation sites excluding steroid dienone is 1. The molecule has 0 unspecified atom stereocenters. The van der Waals surface area contributed by atoms with Gasteiger partial charge in [-0.2, -0.15) is 0 Å². The Balaban J connectivity index is 2.59. The minimum Gasteiger partial charge on any atom is -0.349 e. The molecule has 0 atom stereocenters. The quantitative estimate of drug-likeness (QED) is 0.817. The van der Waals surface area contributed by atoms with Gasteiger partial charge in [0.25, 0.3) is 5.91 Å². The first-order valence-corrected chi connectivity index (χ1v) is 7.16. The molecule has 0 fully saturated rings. The first-order chi connectivity index (χ1) is 9.09. The van der Waals surface area contributed by atoms with Crippen molar-refractivity contribution in [2.45, 2.75) is 47.0 Å². The van der Waals surface area contributed by atoms with Crippen molar-refractivity contribution in [2.24, 2.45) is 5.41 Å². The van der Waals surface area contributed by atoms with Gasteiger partial charge in [-0.25, -0.2) is 0 Å². The number of amides is 1. The molecule has 0 spiro atoms. The topological polar surface area (TPSA) is 29.1 Å². The summed E-state index contributed by atoms with van der Waals surface area (Å²) in [6, 6.07) is 7.84. The summed E-state index contributed by atoms with van der Waals surface area (Å²) in [6.45, 7) is 13.5. The van der Waals surface area contributed by atoms with Gasteiger partial charge in [-0.15, -0.1) is 0 Å². The Kier molecular flexibility index (Phi) is 5.15. The molecule has 1 rings (SSSR count). The molecule has 0 aliphatic carbocycles. The molecule has 0 saturated carbocycles. The second kappa shape index (κ2) is 6.25. The molecule has 0 radical (unpaired) electrons. The highest BCUT2D eigenvalue weighted by Gasteiger charge is 2.14. The number of hydrogen-bond donors (Lipinski definition) is 1. The van der Waals surface area contributed by atoms with Crippen molar-refractivity contribution in [3.63, 3.8) is 0 Å². The third-order valence-corrected chi connectivity index (χ3v) is 3.01. The van der Waals surface area contributed by atoms with Gasteiger partial charge in [0.05, 0.1) is 0 Å². The lowest BCUT2D eigenvalue weighted by molar-refractivity contribution is 0.0958. The van der Waals surface area contributed by atoms with Crippen LogP contribution in [0.4, 0.5) is 0 Å². The fraction of sp³-hybridized carbons (Fsp3) is 0.500. The van der Waals surface area contributed by atoms with Gasteiger partial charge in [-0.3, -0.25) is 4.79 Å². The standard InChI is InChI=1S/C18H27NO/c1-17(2,3)12-7-13-19-16(20)14-8-10-15(11-9-14)18(4,5)6/h7-12H,13H2,1-6H3,(H,19,20). The van der Waals surface area contributed by atoms with Crippen LogP contribution < -0.4 is 5.32 Å². The highest BCUT2D eigenvalue weighted by atomic mass is 16.1. The third kappa shape index (κ3) is 5.60. The minimum atomic E-state index is -0.0241. The van der Waals surface area contributed by atoms with Crippen molar-refractivity contribution in [3.8, 4) is 0 Å². The van der Waals surface area contributed by atoms with Gasteiger partial charge in [0.15, 0.2) is 0 Å². The summed E-state index contributed by atoms with van der Waals surface area (Å²) in [4.78, 5) is 12.0. The molecule has 1 N–H and O–H groups in total. The largest absolute Gasteiger partial charge is 0.349 e. The molecule has 0 heterocycles. The highest BCUT2D eigenvalue weighted by molar-refractivity contribution is 5.94. The molecular formula is C18H27NO. The van der Waals surface area contributed by atoms with Crippen LogP contribution in [0.1, 0.15) is 57.5 Å². The minimum absolute atomic E-state index is 0.0241. The number of carbonyl (C=O) groups is 1. The number of rotatable bonds is 3. The summed E-state index contributed by atoms with van der Waals surface area (Å²) in [5.41, 5.74) is 2.22. The fourth-order valence-electron chi connectivity index (χ4n) is 1.79. The molecule has 1 aromatic carbocycles. The number of carbonyl (C=O) groups excluding carboxylic acids is 1. The van der Waals surface area contributed by atoms with E-state index in [2.05, 4.69) is 52.9 Å². The Hall–Kier alpha value is -1.57. The average molecular weight is 273 g/mol. The monoisotopic (exact) mass is 273 g/mol. The van der Waals surface area contributed by atoms with Gasteiger partial charge >= 0.3 is 0 Å². The Morgan fingerprint density at radius 2 is 1.60 bits per heavy atom. The molecule has 110 valence electrons. The van der Waals surface area contributed by atoms with E-state index in [4.69, 9.17) is 0 Å². The van der Waals surface area contributed by atoms with Crippen LogP contribution in [0.3, 0.4) is 0 Å². The van der Waals surface area contributed by atoms with Crippen LogP contribution >= 0.6 is 0 Å². The number of hydrogen-bond acceptors (Lipinski definition) is 1. The summed E-state index contributed by atoms with van der Waals surface area (Å²) in [6.07, 6.45) is 4.11. The van der Waals surface area contributed by atoms with E-state index in [1.54, 1.807) is 0 Å². The van der Waals surface area contributed by atoms with Crippen LogP contribution in [0.5, 0.6) is 0 Å². The van der Waals surface area contributed by atoms with Crippen molar-refractivity contribution >= 4 is 5.91 Å². The second-order valence-electron chi connectivity index (χ2n) is 7.31. The van der Waals surface area contributed by atoms with E-state index in [0.29, 0.717) is 12.1 Å². The van der Waals surface area contributed by atoms with Gasteiger partial charge in [0, 0.05) is 12.1 Å². The lowest BCUT2D eigenvalue weighted by Crippen LogP contribution is -2.23. The second-order valence-corrected chi connectivity index (χ2v) is 7.31. The van der Waals surface area contributed by atoms with Crippen molar-refractivity contribution in [1.29, 1.82) is 0 Å². The Morgan fingerprint density at radius 3 is 2.05 bits per heavy atom. The maximum atomic E-state index is 12.0. The van der Waals surface area contributed by atoms with Crippen LogP contribution in [0.25, 0.3) is 0 Å². The Morgan fingerprint density at radius 1 is 1.05 bits per heavy atom. The van der Waals surface area contributed by atoms with Gasteiger partial charge in [-0.1, -0.05) is 65.8 Å². The van der Waals surface area contributed by atoms with Gasteiger partial charge < -0.3 is 5.32 Å². The molecule has 2 heteroatoms. The zero-order valence-electron chi connectivity index (χ0n) is 13.6. The maximum Gasteiger partial charge on any atom is 0.251 e. The van der Waals surface area contributed by atoms with E-state index < -0.39 is 0 Å². The molecule has 2 nitrogen and oxygen atoms in total. The van der Waals surface area contributed by atoms with E-state index in [1.165, 1.54) is 5.56 Å². The molecule has 0 saturated heterocycles. The summed E-state index contributed by atoms with van der Waals surface area (Å²) in [7, 11) is 0. The van der Waals surface area contributed by atoms with E-state index in [-0.39, 0.29) is 16.7 Å². The predicted molar refractivity (Wildman–Crippen MR) is 86.1 cm³/mol. The molecule has 1 amide bonds. The highest BCUT2D eigenvalue weighted by Crippen LogP contribution is 2.22. The number of benzene rings is 1. The first kappa shape index (κ1) is 16.5.